The molecule has 0 bridgehead atoms. The van der Waals surface area contributed by atoms with Gasteiger partial charge in [0.25, 0.3) is 0 Å². The standard InChI is InChI=1S/C16H19Cl2N3/c1-9-5-3-6-10(9)15-14(16(19)21(2)20-15)13-11(17)7-4-8-12(13)18/h4,7-10H,3,5-6,19H2,1-2H3. The van der Waals surface area contributed by atoms with E-state index in [4.69, 9.17) is 28.9 Å². The molecule has 0 saturated heterocycles. The summed E-state index contributed by atoms with van der Waals surface area (Å²) < 4.78 is 1.73. The smallest absolute Gasteiger partial charge is 0.129 e. The Morgan fingerprint density at radius 2 is 1.86 bits per heavy atom. The fraction of sp³-hybridized carbons (Fsp3) is 0.438. The summed E-state index contributed by atoms with van der Waals surface area (Å²) in [5.41, 5.74) is 9.02. The van der Waals surface area contributed by atoms with Crippen LogP contribution in [0.3, 0.4) is 0 Å². The Morgan fingerprint density at radius 1 is 1.19 bits per heavy atom. The van der Waals surface area contributed by atoms with Crippen LogP contribution >= 0.6 is 23.2 Å². The van der Waals surface area contributed by atoms with E-state index in [9.17, 15) is 0 Å². The Kier molecular flexibility index (Phi) is 3.89. The number of aromatic nitrogens is 2. The van der Waals surface area contributed by atoms with E-state index in [1.54, 1.807) is 4.68 Å². The first-order valence-electron chi connectivity index (χ1n) is 7.27. The Balaban J connectivity index is 2.22. The number of nitrogen functional groups attached to an aromatic ring is 1. The van der Waals surface area contributed by atoms with Gasteiger partial charge in [-0.05, 0) is 24.5 Å². The molecule has 1 fully saturated rings. The summed E-state index contributed by atoms with van der Waals surface area (Å²) in [6.45, 7) is 2.28. The number of benzene rings is 1. The molecule has 2 aromatic rings. The average Bonchev–Trinajstić information content (AvgIpc) is 2.96. The van der Waals surface area contributed by atoms with Gasteiger partial charge in [-0.3, -0.25) is 4.68 Å². The summed E-state index contributed by atoms with van der Waals surface area (Å²) in [6.07, 6.45) is 3.61. The van der Waals surface area contributed by atoms with E-state index in [2.05, 4.69) is 12.0 Å². The molecular formula is C16H19Cl2N3. The Bertz CT molecular complexity index is 658. The lowest BCUT2D eigenvalue weighted by atomic mass is 9.90. The quantitative estimate of drug-likeness (QED) is 0.855. The second-order valence-corrected chi connectivity index (χ2v) is 6.69. The third kappa shape index (κ3) is 2.43. The van der Waals surface area contributed by atoms with Crippen LogP contribution in [0.2, 0.25) is 10.0 Å². The van der Waals surface area contributed by atoms with E-state index < -0.39 is 0 Å². The molecule has 1 aliphatic rings. The molecule has 1 saturated carbocycles. The molecular weight excluding hydrogens is 305 g/mol. The summed E-state index contributed by atoms with van der Waals surface area (Å²) in [6, 6.07) is 5.53. The first kappa shape index (κ1) is 14.7. The molecule has 0 aliphatic heterocycles. The summed E-state index contributed by atoms with van der Waals surface area (Å²) in [5, 5.41) is 5.91. The summed E-state index contributed by atoms with van der Waals surface area (Å²) in [7, 11) is 1.87. The van der Waals surface area contributed by atoms with Gasteiger partial charge < -0.3 is 5.73 Å². The van der Waals surface area contributed by atoms with Crippen molar-refractivity contribution in [1.82, 2.24) is 9.78 Å². The van der Waals surface area contributed by atoms with Gasteiger partial charge in [-0.2, -0.15) is 5.10 Å². The highest BCUT2D eigenvalue weighted by molar-refractivity contribution is 6.39. The van der Waals surface area contributed by atoms with Gasteiger partial charge in [0.05, 0.1) is 21.3 Å². The SMILES string of the molecule is CC1CCCC1c1nn(C)c(N)c1-c1c(Cl)cccc1Cl. The van der Waals surface area contributed by atoms with Gasteiger partial charge in [0, 0.05) is 18.5 Å². The molecule has 3 rings (SSSR count). The third-order valence-electron chi connectivity index (χ3n) is 4.54. The van der Waals surface area contributed by atoms with Gasteiger partial charge in [0.2, 0.25) is 0 Å². The second kappa shape index (κ2) is 5.54. The predicted molar refractivity (Wildman–Crippen MR) is 88.8 cm³/mol. The molecule has 0 radical (unpaired) electrons. The molecule has 0 spiro atoms. The Morgan fingerprint density at radius 3 is 2.43 bits per heavy atom. The molecule has 3 nitrogen and oxygen atoms in total. The fourth-order valence-corrected chi connectivity index (χ4v) is 3.95. The molecule has 1 aromatic carbocycles. The van der Waals surface area contributed by atoms with Gasteiger partial charge >= 0.3 is 0 Å². The number of halogens is 2. The van der Waals surface area contributed by atoms with Crippen molar-refractivity contribution in [2.75, 3.05) is 5.73 Å². The van der Waals surface area contributed by atoms with Gasteiger partial charge in [0.15, 0.2) is 0 Å². The molecule has 2 N–H and O–H groups in total. The highest BCUT2D eigenvalue weighted by Gasteiger charge is 2.32. The van der Waals surface area contributed by atoms with E-state index in [0.29, 0.717) is 27.7 Å². The van der Waals surface area contributed by atoms with E-state index >= 15 is 0 Å². The molecule has 21 heavy (non-hydrogen) atoms. The van der Waals surface area contributed by atoms with Gasteiger partial charge in [-0.1, -0.05) is 49.0 Å². The first-order valence-corrected chi connectivity index (χ1v) is 8.03. The minimum absolute atomic E-state index is 0.427. The zero-order valence-corrected chi connectivity index (χ0v) is 13.7. The van der Waals surface area contributed by atoms with Crippen molar-refractivity contribution in [3.05, 3.63) is 33.9 Å². The molecule has 5 heteroatoms. The van der Waals surface area contributed by atoms with Crippen molar-refractivity contribution in [3.63, 3.8) is 0 Å². The van der Waals surface area contributed by atoms with Crippen molar-refractivity contribution >= 4 is 29.0 Å². The number of aryl methyl sites for hydroxylation is 1. The fourth-order valence-electron chi connectivity index (χ4n) is 3.36. The van der Waals surface area contributed by atoms with Gasteiger partial charge in [-0.15, -0.1) is 0 Å². The summed E-state index contributed by atoms with van der Waals surface area (Å²) in [5.74, 6) is 1.66. The first-order chi connectivity index (χ1) is 10.0. The minimum Gasteiger partial charge on any atom is -0.383 e. The number of nitrogens with zero attached hydrogens (tertiary/aromatic N) is 2. The van der Waals surface area contributed by atoms with Gasteiger partial charge in [-0.25, -0.2) is 0 Å². The maximum Gasteiger partial charge on any atom is 0.129 e. The number of hydrogen-bond acceptors (Lipinski definition) is 2. The Labute approximate surface area is 135 Å². The molecule has 1 aromatic heterocycles. The number of anilines is 1. The minimum atomic E-state index is 0.427. The third-order valence-corrected chi connectivity index (χ3v) is 5.17. The van der Waals surface area contributed by atoms with Crippen molar-refractivity contribution in [1.29, 1.82) is 0 Å². The molecule has 0 amide bonds. The van der Waals surface area contributed by atoms with Crippen LogP contribution in [0.5, 0.6) is 0 Å². The van der Waals surface area contributed by atoms with Crippen molar-refractivity contribution in [2.45, 2.75) is 32.1 Å². The Hall–Kier alpha value is -1.19. The molecule has 1 aliphatic carbocycles. The topological polar surface area (TPSA) is 43.8 Å². The maximum atomic E-state index is 6.38. The molecule has 2 atom stereocenters. The lowest BCUT2D eigenvalue weighted by Gasteiger charge is -2.16. The molecule has 112 valence electrons. The van der Waals surface area contributed by atoms with Crippen molar-refractivity contribution in [2.24, 2.45) is 13.0 Å². The van der Waals surface area contributed by atoms with E-state index in [1.807, 2.05) is 25.2 Å². The highest BCUT2D eigenvalue weighted by atomic mass is 35.5. The van der Waals surface area contributed by atoms with Crippen LogP contribution in [-0.2, 0) is 7.05 Å². The van der Waals surface area contributed by atoms with Crippen LogP contribution in [-0.4, -0.2) is 9.78 Å². The number of rotatable bonds is 2. The van der Waals surface area contributed by atoms with Crippen LogP contribution in [0.4, 0.5) is 5.82 Å². The van der Waals surface area contributed by atoms with Crippen molar-refractivity contribution < 1.29 is 0 Å². The molecule has 2 unspecified atom stereocenters. The number of hydrogen-bond donors (Lipinski definition) is 1. The molecule has 1 heterocycles. The average molecular weight is 324 g/mol. The van der Waals surface area contributed by atoms with Gasteiger partial charge in [0.1, 0.15) is 5.82 Å². The highest BCUT2D eigenvalue weighted by Crippen LogP contribution is 2.47. The van der Waals surface area contributed by atoms with Crippen LogP contribution < -0.4 is 5.73 Å². The summed E-state index contributed by atoms with van der Waals surface area (Å²) in [4.78, 5) is 0. The van der Waals surface area contributed by atoms with Crippen LogP contribution in [0.25, 0.3) is 11.1 Å². The monoisotopic (exact) mass is 323 g/mol. The van der Waals surface area contributed by atoms with E-state index in [0.717, 1.165) is 23.2 Å². The van der Waals surface area contributed by atoms with Crippen LogP contribution in [0.1, 0.15) is 37.8 Å². The van der Waals surface area contributed by atoms with Crippen molar-refractivity contribution in [3.8, 4) is 11.1 Å². The van der Waals surface area contributed by atoms with E-state index in [-0.39, 0.29) is 0 Å². The lowest BCUT2D eigenvalue weighted by Crippen LogP contribution is -2.05. The zero-order chi connectivity index (χ0) is 15.1. The largest absolute Gasteiger partial charge is 0.383 e. The van der Waals surface area contributed by atoms with E-state index in [1.165, 1.54) is 12.8 Å². The maximum absolute atomic E-state index is 6.38. The lowest BCUT2D eigenvalue weighted by molar-refractivity contribution is 0.516. The predicted octanol–water partition coefficient (Wildman–Crippen LogP) is 4.88. The zero-order valence-electron chi connectivity index (χ0n) is 12.2. The normalized spacial score (nSPS) is 21.9. The van der Waals surface area contributed by atoms with Crippen LogP contribution in [0, 0.1) is 5.92 Å². The second-order valence-electron chi connectivity index (χ2n) is 5.88. The number of nitrogens with two attached hydrogens (primary N) is 1. The van der Waals surface area contributed by atoms with Crippen LogP contribution in [0.15, 0.2) is 18.2 Å². The summed E-state index contributed by atoms with van der Waals surface area (Å²) >= 11 is 12.8.